The molecular formula is C18H26F2N2O2. The van der Waals surface area contributed by atoms with E-state index in [2.05, 4.69) is 9.64 Å². The van der Waals surface area contributed by atoms with Crippen molar-refractivity contribution < 1.29 is 18.3 Å². The SMILES string of the molecule is CN(Cc1ccc(OC(F)F)cc1)C(=O)CN(C)C1CCCCC1. The number of benzene rings is 1. The second kappa shape index (κ2) is 8.97. The zero-order chi connectivity index (χ0) is 17.5. The molecule has 0 bridgehead atoms. The van der Waals surface area contributed by atoms with Crippen LogP contribution in [0.3, 0.4) is 0 Å². The number of rotatable bonds is 7. The van der Waals surface area contributed by atoms with Crippen molar-refractivity contribution in [1.82, 2.24) is 9.80 Å². The van der Waals surface area contributed by atoms with Crippen LogP contribution >= 0.6 is 0 Å². The minimum absolute atomic E-state index is 0.0657. The summed E-state index contributed by atoms with van der Waals surface area (Å²) >= 11 is 0. The molecular weight excluding hydrogens is 314 g/mol. The molecule has 0 N–H and O–H groups in total. The van der Waals surface area contributed by atoms with Gasteiger partial charge in [0.05, 0.1) is 6.54 Å². The van der Waals surface area contributed by atoms with Gasteiger partial charge in [-0.1, -0.05) is 31.4 Å². The van der Waals surface area contributed by atoms with E-state index in [0.29, 0.717) is 19.1 Å². The van der Waals surface area contributed by atoms with Crippen LogP contribution in [-0.2, 0) is 11.3 Å². The largest absolute Gasteiger partial charge is 0.435 e. The van der Waals surface area contributed by atoms with Crippen LogP contribution in [0.25, 0.3) is 0 Å². The van der Waals surface area contributed by atoms with Crippen molar-refractivity contribution in [3.05, 3.63) is 29.8 Å². The van der Waals surface area contributed by atoms with Gasteiger partial charge in [0, 0.05) is 19.6 Å². The van der Waals surface area contributed by atoms with Gasteiger partial charge in [0.15, 0.2) is 0 Å². The first-order valence-corrected chi connectivity index (χ1v) is 8.43. The number of carbonyl (C=O) groups is 1. The van der Waals surface area contributed by atoms with Gasteiger partial charge in [-0.15, -0.1) is 0 Å². The first-order chi connectivity index (χ1) is 11.5. The Bertz CT molecular complexity index is 516. The Kier molecular flexibility index (Phi) is 6.97. The number of ether oxygens (including phenoxy) is 1. The van der Waals surface area contributed by atoms with Gasteiger partial charge in [0.25, 0.3) is 0 Å². The Morgan fingerprint density at radius 3 is 2.38 bits per heavy atom. The van der Waals surface area contributed by atoms with Crippen LogP contribution in [-0.4, -0.2) is 49.0 Å². The number of hydrogen-bond acceptors (Lipinski definition) is 3. The van der Waals surface area contributed by atoms with E-state index >= 15 is 0 Å². The molecule has 1 fully saturated rings. The van der Waals surface area contributed by atoms with Crippen LogP contribution in [0, 0.1) is 0 Å². The maximum Gasteiger partial charge on any atom is 0.387 e. The molecule has 2 rings (SSSR count). The summed E-state index contributed by atoms with van der Waals surface area (Å²) in [5.41, 5.74) is 0.882. The standard InChI is InChI=1S/C18H26F2N2O2/c1-21(15-6-4-3-5-7-15)13-17(23)22(2)12-14-8-10-16(11-9-14)24-18(19)20/h8-11,15,18H,3-7,12-13H2,1-2H3. The summed E-state index contributed by atoms with van der Waals surface area (Å²) in [6.07, 6.45) is 6.11. The fourth-order valence-corrected chi connectivity index (χ4v) is 3.12. The Labute approximate surface area is 142 Å². The van der Waals surface area contributed by atoms with Gasteiger partial charge in [-0.25, -0.2) is 0 Å². The Morgan fingerprint density at radius 2 is 1.79 bits per heavy atom. The smallest absolute Gasteiger partial charge is 0.387 e. The van der Waals surface area contributed by atoms with Crippen molar-refractivity contribution in [2.24, 2.45) is 0 Å². The number of hydrogen-bond donors (Lipinski definition) is 0. The number of carbonyl (C=O) groups excluding carboxylic acids is 1. The van der Waals surface area contributed by atoms with Gasteiger partial charge in [0.1, 0.15) is 5.75 Å². The van der Waals surface area contributed by atoms with Gasteiger partial charge in [-0.3, -0.25) is 9.69 Å². The zero-order valence-corrected chi connectivity index (χ0v) is 14.4. The van der Waals surface area contributed by atoms with Gasteiger partial charge in [-0.05, 0) is 37.6 Å². The van der Waals surface area contributed by atoms with Crippen molar-refractivity contribution in [3.8, 4) is 5.75 Å². The monoisotopic (exact) mass is 340 g/mol. The molecule has 4 nitrogen and oxygen atoms in total. The van der Waals surface area contributed by atoms with E-state index < -0.39 is 6.61 Å². The van der Waals surface area contributed by atoms with Gasteiger partial charge < -0.3 is 9.64 Å². The topological polar surface area (TPSA) is 32.8 Å². The summed E-state index contributed by atoms with van der Waals surface area (Å²) in [4.78, 5) is 16.2. The number of nitrogens with zero attached hydrogens (tertiary/aromatic N) is 2. The van der Waals surface area contributed by atoms with E-state index in [0.717, 1.165) is 5.56 Å². The number of halogens is 2. The third-order valence-electron chi connectivity index (χ3n) is 4.58. The molecule has 134 valence electrons. The zero-order valence-electron chi connectivity index (χ0n) is 14.4. The van der Waals surface area contributed by atoms with Crippen molar-refractivity contribution in [1.29, 1.82) is 0 Å². The summed E-state index contributed by atoms with van der Waals surface area (Å²) in [6.45, 7) is -1.96. The molecule has 24 heavy (non-hydrogen) atoms. The molecule has 1 aromatic rings. The summed E-state index contributed by atoms with van der Waals surface area (Å²) < 4.78 is 28.6. The molecule has 1 aromatic carbocycles. The highest BCUT2D eigenvalue weighted by Gasteiger charge is 2.21. The summed E-state index contributed by atoms with van der Waals surface area (Å²) in [5, 5.41) is 0. The lowest BCUT2D eigenvalue weighted by Crippen LogP contribution is -2.41. The van der Waals surface area contributed by atoms with Crippen LogP contribution < -0.4 is 4.74 Å². The molecule has 0 spiro atoms. The Morgan fingerprint density at radius 1 is 1.17 bits per heavy atom. The maximum absolute atomic E-state index is 12.4. The lowest BCUT2D eigenvalue weighted by molar-refractivity contribution is -0.132. The first-order valence-electron chi connectivity index (χ1n) is 8.43. The highest BCUT2D eigenvalue weighted by Crippen LogP contribution is 2.21. The molecule has 1 amide bonds. The number of likely N-dealkylation sites (N-methyl/N-ethyl adjacent to an activating group) is 2. The summed E-state index contributed by atoms with van der Waals surface area (Å²) in [7, 11) is 3.78. The van der Waals surface area contributed by atoms with Gasteiger partial charge >= 0.3 is 6.61 Å². The molecule has 0 atom stereocenters. The minimum atomic E-state index is -2.82. The molecule has 0 heterocycles. The minimum Gasteiger partial charge on any atom is -0.435 e. The highest BCUT2D eigenvalue weighted by atomic mass is 19.3. The summed E-state index contributed by atoms with van der Waals surface area (Å²) in [5.74, 6) is 0.191. The second-order valence-corrected chi connectivity index (χ2v) is 6.48. The van der Waals surface area contributed by atoms with Crippen molar-refractivity contribution in [3.63, 3.8) is 0 Å². The van der Waals surface area contributed by atoms with Gasteiger partial charge in [-0.2, -0.15) is 8.78 Å². The van der Waals surface area contributed by atoms with Crippen LogP contribution in [0.5, 0.6) is 5.75 Å². The van der Waals surface area contributed by atoms with Crippen LogP contribution in [0.2, 0.25) is 0 Å². The predicted molar refractivity (Wildman–Crippen MR) is 89.1 cm³/mol. The van der Waals surface area contributed by atoms with Crippen molar-refractivity contribution in [2.75, 3.05) is 20.6 Å². The fourth-order valence-electron chi connectivity index (χ4n) is 3.12. The third kappa shape index (κ3) is 5.74. The predicted octanol–water partition coefficient (Wildman–Crippen LogP) is 3.51. The van der Waals surface area contributed by atoms with E-state index in [-0.39, 0.29) is 11.7 Å². The number of alkyl halides is 2. The van der Waals surface area contributed by atoms with Crippen LogP contribution in [0.4, 0.5) is 8.78 Å². The second-order valence-electron chi connectivity index (χ2n) is 6.48. The van der Waals surface area contributed by atoms with Crippen molar-refractivity contribution >= 4 is 5.91 Å². The van der Waals surface area contributed by atoms with E-state index in [1.807, 2.05) is 7.05 Å². The molecule has 1 saturated carbocycles. The van der Waals surface area contributed by atoms with Crippen LogP contribution in [0.15, 0.2) is 24.3 Å². The Balaban J connectivity index is 1.82. The first kappa shape index (κ1) is 18.6. The van der Waals surface area contributed by atoms with E-state index in [4.69, 9.17) is 0 Å². The van der Waals surface area contributed by atoms with E-state index in [1.165, 1.54) is 44.2 Å². The fraction of sp³-hybridized carbons (Fsp3) is 0.611. The molecule has 0 radical (unpaired) electrons. The summed E-state index contributed by atoms with van der Waals surface area (Å²) in [6, 6.07) is 6.89. The normalized spacial score (nSPS) is 15.8. The average Bonchev–Trinajstić information content (AvgIpc) is 2.56. The lowest BCUT2D eigenvalue weighted by atomic mass is 9.94. The average molecular weight is 340 g/mol. The van der Waals surface area contributed by atoms with E-state index in [9.17, 15) is 13.6 Å². The van der Waals surface area contributed by atoms with E-state index in [1.54, 1.807) is 24.1 Å². The van der Waals surface area contributed by atoms with Crippen molar-refractivity contribution in [2.45, 2.75) is 51.3 Å². The molecule has 0 aromatic heterocycles. The number of amides is 1. The molecule has 6 heteroatoms. The molecule has 1 aliphatic rings. The van der Waals surface area contributed by atoms with Crippen LogP contribution in [0.1, 0.15) is 37.7 Å². The highest BCUT2D eigenvalue weighted by molar-refractivity contribution is 5.78. The maximum atomic E-state index is 12.4. The quantitative estimate of drug-likeness (QED) is 0.761. The Hall–Kier alpha value is -1.69. The molecule has 0 aliphatic heterocycles. The lowest BCUT2D eigenvalue weighted by Gasteiger charge is -2.31. The van der Waals surface area contributed by atoms with Gasteiger partial charge in [0.2, 0.25) is 5.91 Å². The molecule has 0 unspecified atom stereocenters. The molecule has 0 saturated heterocycles. The third-order valence-corrected chi connectivity index (χ3v) is 4.58. The molecule has 1 aliphatic carbocycles.